The Balaban J connectivity index is 2.28. The highest BCUT2D eigenvalue weighted by atomic mass is 32.2. The molecule has 1 heterocycles. The topological polar surface area (TPSA) is 63.4 Å². The number of nitrogens with two attached hydrogens (primary N) is 1. The highest BCUT2D eigenvalue weighted by Crippen LogP contribution is 2.31. The van der Waals surface area contributed by atoms with Crippen molar-refractivity contribution < 1.29 is 8.42 Å². The van der Waals surface area contributed by atoms with Crippen LogP contribution >= 0.6 is 0 Å². The molecule has 2 rings (SSSR count). The lowest BCUT2D eigenvalue weighted by molar-refractivity contribution is 0.157. The van der Waals surface area contributed by atoms with Crippen molar-refractivity contribution in [1.82, 2.24) is 4.31 Å². The number of hydrogen-bond donors (Lipinski definition) is 1. The molecule has 3 atom stereocenters. The molecule has 1 fully saturated rings. The molecular weight excluding hydrogens is 284 g/mol. The highest BCUT2D eigenvalue weighted by Gasteiger charge is 2.37. The molecule has 118 valence electrons. The molecular formula is C16H26N2O2S. The van der Waals surface area contributed by atoms with Crippen molar-refractivity contribution in [2.45, 2.75) is 44.6 Å². The van der Waals surface area contributed by atoms with Gasteiger partial charge in [0, 0.05) is 12.6 Å². The third kappa shape index (κ3) is 3.47. The standard InChI is InChI=1S/C16H26N2O2S/c1-12-10-13(2)14(3)18(11-12)21(19,20)16-6-4-15(5-7-16)8-9-17/h4-7,12-14H,8-11,17H2,1-3H3. The molecule has 0 spiro atoms. The zero-order chi connectivity index (χ0) is 15.6. The van der Waals surface area contributed by atoms with Gasteiger partial charge in [-0.3, -0.25) is 0 Å². The van der Waals surface area contributed by atoms with Gasteiger partial charge in [0.25, 0.3) is 0 Å². The van der Waals surface area contributed by atoms with Crippen LogP contribution in [0.4, 0.5) is 0 Å². The van der Waals surface area contributed by atoms with Gasteiger partial charge in [0.1, 0.15) is 0 Å². The zero-order valence-corrected chi connectivity index (χ0v) is 13.9. The summed E-state index contributed by atoms with van der Waals surface area (Å²) in [4.78, 5) is 0.386. The van der Waals surface area contributed by atoms with Crippen LogP contribution in [0.25, 0.3) is 0 Å². The van der Waals surface area contributed by atoms with E-state index in [4.69, 9.17) is 5.73 Å². The van der Waals surface area contributed by atoms with E-state index in [1.165, 1.54) is 0 Å². The van der Waals surface area contributed by atoms with E-state index >= 15 is 0 Å². The number of sulfonamides is 1. The second kappa shape index (κ2) is 6.46. The van der Waals surface area contributed by atoms with Crippen molar-refractivity contribution in [3.63, 3.8) is 0 Å². The van der Waals surface area contributed by atoms with E-state index < -0.39 is 10.0 Å². The molecule has 21 heavy (non-hydrogen) atoms. The third-order valence-corrected chi connectivity index (χ3v) is 6.47. The molecule has 0 amide bonds. The first-order chi connectivity index (χ1) is 9.86. The lowest BCUT2D eigenvalue weighted by atomic mass is 9.88. The Labute approximate surface area is 128 Å². The molecule has 4 nitrogen and oxygen atoms in total. The van der Waals surface area contributed by atoms with Gasteiger partial charge < -0.3 is 5.73 Å². The Bertz CT molecular complexity index is 568. The van der Waals surface area contributed by atoms with Gasteiger partial charge in [-0.15, -0.1) is 0 Å². The van der Waals surface area contributed by atoms with E-state index in [2.05, 4.69) is 13.8 Å². The smallest absolute Gasteiger partial charge is 0.243 e. The Hall–Kier alpha value is -0.910. The summed E-state index contributed by atoms with van der Waals surface area (Å²) in [5.41, 5.74) is 6.60. The number of hydrogen-bond acceptors (Lipinski definition) is 3. The molecule has 0 saturated carbocycles. The summed E-state index contributed by atoms with van der Waals surface area (Å²) in [5, 5.41) is 0. The highest BCUT2D eigenvalue weighted by molar-refractivity contribution is 7.89. The molecule has 1 aliphatic rings. The molecule has 1 aromatic carbocycles. The molecule has 3 unspecified atom stereocenters. The largest absolute Gasteiger partial charge is 0.330 e. The van der Waals surface area contributed by atoms with E-state index in [-0.39, 0.29) is 6.04 Å². The quantitative estimate of drug-likeness (QED) is 0.927. The van der Waals surface area contributed by atoms with Gasteiger partial charge in [0.05, 0.1) is 4.90 Å². The molecule has 0 bridgehead atoms. The molecule has 5 heteroatoms. The van der Waals surface area contributed by atoms with Crippen LogP contribution in [-0.2, 0) is 16.4 Å². The van der Waals surface area contributed by atoms with Crippen LogP contribution in [0.1, 0.15) is 32.8 Å². The van der Waals surface area contributed by atoms with Gasteiger partial charge in [-0.1, -0.05) is 26.0 Å². The maximum Gasteiger partial charge on any atom is 0.243 e. The third-order valence-electron chi connectivity index (χ3n) is 4.51. The first-order valence-corrected chi connectivity index (χ1v) is 9.11. The average molecular weight is 310 g/mol. The van der Waals surface area contributed by atoms with Gasteiger partial charge in [0.15, 0.2) is 0 Å². The molecule has 1 saturated heterocycles. The normalized spacial score (nSPS) is 27.7. The van der Waals surface area contributed by atoms with Gasteiger partial charge in [-0.25, -0.2) is 8.42 Å². The Kier molecular flexibility index (Phi) is 5.07. The van der Waals surface area contributed by atoms with Crippen LogP contribution in [0.2, 0.25) is 0 Å². The van der Waals surface area contributed by atoms with Crippen LogP contribution in [0.3, 0.4) is 0 Å². The average Bonchev–Trinajstić information content (AvgIpc) is 2.43. The van der Waals surface area contributed by atoms with E-state index in [0.29, 0.717) is 29.8 Å². The van der Waals surface area contributed by atoms with Gasteiger partial charge in [0.2, 0.25) is 10.0 Å². The fourth-order valence-corrected chi connectivity index (χ4v) is 4.96. The summed E-state index contributed by atoms with van der Waals surface area (Å²) in [7, 11) is -3.41. The van der Waals surface area contributed by atoms with E-state index in [0.717, 1.165) is 18.4 Å². The lowest BCUT2D eigenvalue weighted by Gasteiger charge is -2.40. The van der Waals surface area contributed by atoms with Crippen LogP contribution in [0, 0.1) is 11.8 Å². The summed E-state index contributed by atoms with van der Waals surface area (Å²) in [6.07, 6.45) is 1.86. The van der Waals surface area contributed by atoms with Crippen molar-refractivity contribution in [3.05, 3.63) is 29.8 Å². The number of piperidine rings is 1. The molecule has 2 N–H and O–H groups in total. The van der Waals surface area contributed by atoms with E-state index in [1.807, 2.05) is 19.1 Å². The Morgan fingerprint density at radius 1 is 1.19 bits per heavy atom. The first-order valence-electron chi connectivity index (χ1n) is 7.67. The minimum absolute atomic E-state index is 0.0509. The van der Waals surface area contributed by atoms with Gasteiger partial charge >= 0.3 is 0 Å². The minimum atomic E-state index is -3.41. The van der Waals surface area contributed by atoms with Crippen LogP contribution in [0.5, 0.6) is 0 Å². The maximum absolute atomic E-state index is 12.9. The van der Waals surface area contributed by atoms with Crippen LogP contribution in [-0.4, -0.2) is 31.9 Å². The summed E-state index contributed by atoms with van der Waals surface area (Å²) in [5.74, 6) is 0.794. The fourth-order valence-electron chi connectivity index (χ4n) is 3.11. The van der Waals surface area contributed by atoms with Gasteiger partial charge in [-0.2, -0.15) is 4.31 Å². The predicted octanol–water partition coefficient (Wildman–Crippen LogP) is 2.24. The van der Waals surface area contributed by atoms with Crippen molar-refractivity contribution >= 4 is 10.0 Å². The predicted molar refractivity (Wildman–Crippen MR) is 85.5 cm³/mol. The Morgan fingerprint density at radius 3 is 2.38 bits per heavy atom. The second-order valence-corrected chi connectivity index (χ2v) is 8.21. The fraction of sp³-hybridized carbons (Fsp3) is 0.625. The molecule has 0 radical (unpaired) electrons. The summed E-state index contributed by atoms with van der Waals surface area (Å²) in [6, 6.07) is 7.19. The molecule has 0 aromatic heterocycles. The van der Waals surface area contributed by atoms with Crippen molar-refractivity contribution in [3.8, 4) is 0 Å². The second-order valence-electron chi connectivity index (χ2n) is 6.32. The lowest BCUT2D eigenvalue weighted by Crippen LogP contribution is -2.48. The molecule has 1 aliphatic heterocycles. The van der Waals surface area contributed by atoms with Crippen LogP contribution in [0.15, 0.2) is 29.2 Å². The number of nitrogens with zero attached hydrogens (tertiary/aromatic N) is 1. The van der Waals surface area contributed by atoms with Crippen LogP contribution < -0.4 is 5.73 Å². The zero-order valence-electron chi connectivity index (χ0n) is 13.1. The first kappa shape index (κ1) is 16.5. The van der Waals surface area contributed by atoms with E-state index in [9.17, 15) is 8.42 Å². The molecule has 1 aromatic rings. The molecule has 0 aliphatic carbocycles. The maximum atomic E-state index is 12.9. The minimum Gasteiger partial charge on any atom is -0.330 e. The van der Waals surface area contributed by atoms with Gasteiger partial charge in [-0.05, 0) is 55.8 Å². The SMILES string of the molecule is CC1CC(C)C(C)N(S(=O)(=O)c2ccc(CCN)cc2)C1. The number of benzene rings is 1. The van der Waals surface area contributed by atoms with Crippen molar-refractivity contribution in [2.24, 2.45) is 17.6 Å². The van der Waals surface area contributed by atoms with E-state index in [1.54, 1.807) is 16.4 Å². The Morgan fingerprint density at radius 2 is 1.81 bits per heavy atom. The number of rotatable bonds is 4. The summed E-state index contributed by atoms with van der Waals surface area (Å²) < 4.78 is 27.4. The van der Waals surface area contributed by atoms with Crippen molar-refractivity contribution in [1.29, 1.82) is 0 Å². The monoisotopic (exact) mass is 310 g/mol. The summed E-state index contributed by atoms with van der Waals surface area (Å²) in [6.45, 7) is 7.45. The summed E-state index contributed by atoms with van der Waals surface area (Å²) >= 11 is 0. The van der Waals surface area contributed by atoms with Crippen molar-refractivity contribution in [2.75, 3.05) is 13.1 Å².